The lowest BCUT2D eigenvalue weighted by Gasteiger charge is -2.16. The van der Waals surface area contributed by atoms with Gasteiger partial charge in [-0.25, -0.2) is 9.48 Å². The zero-order valence-electron chi connectivity index (χ0n) is 13.6. The van der Waals surface area contributed by atoms with Crippen molar-refractivity contribution in [1.82, 2.24) is 19.7 Å². The molecule has 23 heavy (non-hydrogen) atoms. The standard InChI is InChI=1S/C17H22N4O2/c1-12-5-3-4-6-13(12)11-16(22)18-14-7-8-15-19-20(2)17(23)21(15)10-9-14/h3-6,14H,7-11H2,1-2H3,(H,18,22). The van der Waals surface area contributed by atoms with Gasteiger partial charge in [0.05, 0.1) is 6.42 Å². The summed E-state index contributed by atoms with van der Waals surface area (Å²) in [5, 5.41) is 7.36. The van der Waals surface area contributed by atoms with Crippen LogP contribution in [0.5, 0.6) is 0 Å². The number of fused-ring (bicyclic) bond motifs is 1. The van der Waals surface area contributed by atoms with Gasteiger partial charge in [0.2, 0.25) is 5.91 Å². The number of nitrogens with zero attached hydrogens (tertiary/aromatic N) is 3. The van der Waals surface area contributed by atoms with E-state index in [1.165, 1.54) is 4.68 Å². The number of nitrogens with one attached hydrogen (secondary N) is 1. The largest absolute Gasteiger partial charge is 0.353 e. The molecule has 6 heteroatoms. The second-order valence-electron chi connectivity index (χ2n) is 6.17. The molecular formula is C17H22N4O2. The van der Waals surface area contributed by atoms with E-state index in [9.17, 15) is 9.59 Å². The third kappa shape index (κ3) is 3.36. The van der Waals surface area contributed by atoms with Gasteiger partial charge in [0.1, 0.15) is 5.82 Å². The maximum absolute atomic E-state index is 12.3. The van der Waals surface area contributed by atoms with Crippen molar-refractivity contribution in [3.8, 4) is 0 Å². The van der Waals surface area contributed by atoms with Crippen LogP contribution >= 0.6 is 0 Å². The molecule has 1 amide bonds. The quantitative estimate of drug-likeness (QED) is 0.917. The van der Waals surface area contributed by atoms with Gasteiger partial charge in [-0.05, 0) is 30.9 Å². The number of amides is 1. The van der Waals surface area contributed by atoms with Gasteiger partial charge in [0.15, 0.2) is 0 Å². The lowest BCUT2D eigenvalue weighted by molar-refractivity contribution is -0.121. The van der Waals surface area contributed by atoms with Crippen molar-refractivity contribution in [3.63, 3.8) is 0 Å². The average molecular weight is 314 g/mol. The number of hydrogen-bond acceptors (Lipinski definition) is 3. The van der Waals surface area contributed by atoms with Gasteiger partial charge >= 0.3 is 5.69 Å². The van der Waals surface area contributed by atoms with Gasteiger partial charge in [-0.1, -0.05) is 24.3 Å². The minimum Gasteiger partial charge on any atom is -0.353 e. The molecule has 2 heterocycles. The Kier molecular flexibility index (Phi) is 4.32. The number of aromatic nitrogens is 3. The summed E-state index contributed by atoms with van der Waals surface area (Å²) in [7, 11) is 1.67. The fraction of sp³-hybridized carbons (Fsp3) is 0.471. The molecule has 0 saturated carbocycles. The van der Waals surface area contributed by atoms with E-state index in [-0.39, 0.29) is 17.6 Å². The van der Waals surface area contributed by atoms with E-state index in [2.05, 4.69) is 10.4 Å². The van der Waals surface area contributed by atoms with E-state index < -0.39 is 0 Å². The summed E-state index contributed by atoms with van der Waals surface area (Å²) in [5.74, 6) is 0.852. The molecule has 3 rings (SSSR count). The first-order chi connectivity index (χ1) is 11.0. The zero-order valence-corrected chi connectivity index (χ0v) is 13.6. The molecule has 0 bridgehead atoms. The van der Waals surface area contributed by atoms with Crippen molar-refractivity contribution in [2.24, 2.45) is 7.05 Å². The van der Waals surface area contributed by atoms with Crippen molar-refractivity contribution in [3.05, 3.63) is 51.7 Å². The molecule has 0 aliphatic carbocycles. The lowest BCUT2D eigenvalue weighted by atomic mass is 10.0. The molecular weight excluding hydrogens is 292 g/mol. The van der Waals surface area contributed by atoms with Gasteiger partial charge < -0.3 is 5.32 Å². The fourth-order valence-electron chi connectivity index (χ4n) is 3.10. The fourth-order valence-corrected chi connectivity index (χ4v) is 3.10. The molecule has 1 N–H and O–H groups in total. The molecule has 1 atom stereocenters. The van der Waals surface area contributed by atoms with Crippen molar-refractivity contribution < 1.29 is 4.79 Å². The van der Waals surface area contributed by atoms with E-state index in [1.54, 1.807) is 11.6 Å². The number of hydrogen-bond donors (Lipinski definition) is 1. The number of aryl methyl sites for hydroxylation is 3. The first kappa shape index (κ1) is 15.5. The lowest BCUT2D eigenvalue weighted by Crippen LogP contribution is -2.36. The Hall–Kier alpha value is -2.37. The van der Waals surface area contributed by atoms with Crippen LogP contribution < -0.4 is 11.0 Å². The van der Waals surface area contributed by atoms with Crippen molar-refractivity contribution in [1.29, 1.82) is 0 Å². The summed E-state index contributed by atoms with van der Waals surface area (Å²) >= 11 is 0. The summed E-state index contributed by atoms with van der Waals surface area (Å²) in [6, 6.07) is 8.03. The highest BCUT2D eigenvalue weighted by Crippen LogP contribution is 2.13. The van der Waals surface area contributed by atoms with Crippen molar-refractivity contribution in [2.45, 2.75) is 45.2 Å². The van der Waals surface area contributed by atoms with E-state index in [0.717, 1.165) is 29.8 Å². The van der Waals surface area contributed by atoms with Gasteiger partial charge in [-0.15, -0.1) is 0 Å². The Labute approximate surface area is 135 Å². The maximum atomic E-state index is 12.3. The predicted octanol–water partition coefficient (Wildman–Crippen LogP) is 0.954. The summed E-state index contributed by atoms with van der Waals surface area (Å²) < 4.78 is 3.10. The first-order valence-corrected chi connectivity index (χ1v) is 8.01. The highest BCUT2D eigenvalue weighted by Gasteiger charge is 2.21. The van der Waals surface area contributed by atoms with Gasteiger partial charge in [0, 0.05) is 26.1 Å². The van der Waals surface area contributed by atoms with E-state index >= 15 is 0 Å². The van der Waals surface area contributed by atoms with Crippen molar-refractivity contribution in [2.75, 3.05) is 0 Å². The SMILES string of the molecule is Cc1ccccc1CC(=O)NC1CCc2nn(C)c(=O)n2CC1. The Morgan fingerprint density at radius 2 is 2.13 bits per heavy atom. The molecule has 0 fully saturated rings. The van der Waals surface area contributed by atoms with Gasteiger partial charge in [0.25, 0.3) is 0 Å². The molecule has 2 aromatic rings. The molecule has 0 spiro atoms. The van der Waals surface area contributed by atoms with Crippen LogP contribution in [0.4, 0.5) is 0 Å². The van der Waals surface area contributed by atoms with Crippen LogP contribution in [0.15, 0.2) is 29.1 Å². The molecule has 1 unspecified atom stereocenters. The summed E-state index contributed by atoms with van der Waals surface area (Å²) in [6.07, 6.45) is 2.69. The first-order valence-electron chi connectivity index (χ1n) is 8.01. The van der Waals surface area contributed by atoms with Crippen LogP contribution in [-0.2, 0) is 31.2 Å². The summed E-state index contributed by atoms with van der Waals surface area (Å²) in [6.45, 7) is 2.63. The molecule has 122 valence electrons. The number of carbonyl (C=O) groups excluding carboxylic acids is 1. The Bertz CT molecular complexity index is 775. The Morgan fingerprint density at radius 3 is 2.91 bits per heavy atom. The molecule has 0 radical (unpaired) electrons. The van der Waals surface area contributed by atoms with Crippen LogP contribution in [0.2, 0.25) is 0 Å². The van der Waals surface area contributed by atoms with Crippen molar-refractivity contribution >= 4 is 5.91 Å². The molecule has 1 aliphatic heterocycles. The monoisotopic (exact) mass is 314 g/mol. The normalized spacial score (nSPS) is 17.4. The molecule has 1 aromatic carbocycles. The van der Waals surface area contributed by atoms with Crippen LogP contribution in [-0.4, -0.2) is 26.3 Å². The second kappa shape index (κ2) is 6.40. The smallest absolute Gasteiger partial charge is 0.345 e. The van der Waals surface area contributed by atoms with Crippen LogP contribution in [0.25, 0.3) is 0 Å². The molecule has 1 aromatic heterocycles. The highest BCUT2D eigenvalue weighted by atomic mass is 16.2. The molecule has 1 aliphatic rings. The minimum absolute atomic E-state index is 0.0387. The Balaban J connectivity index is 1.60. The second-order valence-corrected chi connectivity index (χ2v) is 6.17. The Morgan fingerprint density at radius 1 is 1.35 bits per heavy atom. The van der Waals surface area contributed by atoms with Gasteiger partial charge in [-0.2, -0.15) is 5.10 Å². The van der Waals surface area contributed by atoms with Crippen LogP contribution in [0.3, 0.4) is 0 Å². The highest BCUT2D eigenvalue weighted by molar-refractivity contribution is 5.79. The van der Waals surface area contributed by atoms with Gasteiger partial charge in [-0.3, -0.25) is 9.36 Å². The van der Waals surface area contributed by atoms with E-state index in [4.69, 9.17) is 0 Å². The zero-order chi connectivity index (χ0) is 16.4. The summed E-state index contributed by atoms with van der Waals surface area (Å²) in [4.78, 5) is 24.2. The predicted molar refractivity (Wildman–Crippen MR) is 87.2 cm³/mol. The average Bonchev–Trinajstić information content (AvgIpc) is 2.68. The number of rotatable bonds is 3. The number of carbonyl (C=O) groups is 1. The molecule has 6 nitrogen and oxygen atoms in total. The number of benzene rings is 1. The van der Waals surface area contributed by atoms with Crippen LogP contribution in [0, 0.1) is 6.92 Å². The third-order valence-corrected chi connectivity index (χ3v) is 4.48. The van der Waals surface area contributed by atoms with Crippen LogP contribution in [0.1, 0.15) is 29.8 Å². The minimum atomic E-state index is -0.0770. The maximum Gasteiger partial charge on any atom is 0.345 e. The third-order valence-electron chi connectivity index (χ3n) is 4.48. The van der Waals surface area contributed by atoms with E-state index in [0.29, 0.717) is 19.4 Å². The topological polar surface area (TPSA) is 68.9 Å². The summed E-state index contributed by atoms with van der Waals surface area (Å²) in [5.41, 5.74) is 2.11. The molecule has 0 saturated heterocycles. The van der Waals surface area contributed by atoms with E-state index in [1.807, 2.05) is 31.2 Å².